The molecule has 1 aromatic rings. The Kier molecular flexibility index (Phi) is 4.58. The smallest absolute Gasteiger partial charge is 0.244 e. The normalized spacial score (nSPS) is 21.2. The Bertz CT molecular complexity index is 639. The van der Waals surface area contributed by atoms with Gasteiger partial charge >= 0.3 is 0 Å². The van der Waals surface area contributed by atoms with Crippen LogP contribution in [0.25, 0.3) is 0 Å². The SMILES string of the molecule is CN(C)C(C(=O)N1CCC2(CCC(=O)N2)CC1)c1ccccc1F. The minimum absolute atomic E-state index is 0.0794. The van der Waals surface area contributed by atoms with Crippen molar-refractivity contribution in [2.24, 2.45) is 0 Å². The highest BCUT2D eigenvalue weighted by molar-refractivity contribution is 5.84. The standard InChI is InChI=1S/C18H24FN3O2/c1-21(2)16(13-5-3-4-6-14(13)19)17(24)22-11-9-18(10-12-22)8-7-15(23)20-18/h3-6,16H,7-12H2,1-2H3,(H,20,23). The summed E-state index contributed by atoms with van der Waals surface area (Å²) in [5, 5.41) is 3.07. The van der Waals surface area contributed by atoms with E-state index in [4.69, 9.17) is 0 Å². The van der Waals surface area contributed by atoms with Gasteiger partial charge in [0.2, 0.25) is 11.8 Å². The first-order valence-electron chi connectivity index (χ1n) is 8.42. The molecular formula is C18H24FN3O2. The van der Waals surface area contributed by atoms with E-state index in [1.54, 1.807) is 42.1 Å². The van der Waals surface area contributed by atoms with Gasteiger partial charge in [-0.2, -0.15) is 0 Å². The van der Waals surface area contributed by atoms with Crippen LogP contribution in [0.1, 0.15) is 37.3 Å². The van der Waals surface area contributed by atoms with E-state index < -0.39 is 6.04 Å². The fourth-order valence-corrected chi connectivity index (χ4v) is 3.81. The highest BCUT2D eigenvalue weighted by Crippen LogP contribution is 2.33. The Morgan fingerprint density at radius 2 is 1.92 bits per heavy atom. The van der Waals surface area contributed by atoms with E-state index in [1.807, 2.05) is 0 Å². The number of hydrogen-bond acceptors (Lipinski definition) is 3. The number of nitrogens with one attached hydrogen (secondary N) is 1. The van der Waals surface area contributed by atoms with Gasteiger partial charge < -0.3 is 10.2 Å². The van der Waals surface area contributed by atoms with Gasteiger partial charge in [0, 0.05) is 30.6 Å². The first-order valence-corrected chi connectivity index (χ1v) is 8.42. The summed E-state index contributed by atoms with van der Waals surface area (Å²) < 4.78 is 14.2. The van der Waals surface area contributed by atoms with E-state index in [0.717, 1.165) is 19.3 Å². The summed E-state index contributed by atoms with van der Waals surface area (Å²) in [5.41, 5.74) is 0.265. The number of likely N-dealkylation sites (tertiary alicyclic amines) is 1. The van der Waals surface area contributed by atoms with Crippen LogP contribution in [-0.4, -0.2) is 54.3 Å². The largest absolute Gasteiger partial charge is 0.351 e. The summed E-state index contributed by atoms with van der Waals surface area (Å²) in [7, 11) is 3.58. The average molecular weight is 333 g/mol. The minimum Gasteiger partial charge on any atom is -0.351 e. The molecule has 0 saturated carbocycles. The van der Waals surface area contributed by atoms with Crippen molar-refractivity contribution >= 4 is 11.8 Å². The summed E-state index contributed by atoms with van der Waals surface area (Å²) in [6, 6.07) is 5.81. The minimum atomic E-state index is -0.626. The van der Waals surface area contributed by atoms with Crippen LogP contribution in [0.4, 0.5) is 4.39 Å². The van der Waals surface area contributed by atoms with Crippen molar-refractivity contribution in [1.82, 2.24) is 15.1 Å². The summed E-state index contributed by atoms with van der Waals surface area (Å²) in [4.78, 5) is 28.1. The molecule has 0 aromatic heterocycles. The van der Waals surface area contributed by atoms with E-state index in [-0.39, 0.29) is 23.2 Å². The molecule has 1 N–H and O–H groups in total. The Balaban J connectivity index is 1.73. The number of carbonyl (C=O) groups excluding carboxylic acids is 2. The topological polar surface area (TPSA) is 52.7 Å². The number of hydrogen-bond donors (Lipinski definition) is 1. The third-order valence-electron chi connectivity index (χ3n) is 5.22. The molecule has 2 heterocycles. The fraction of sp³-hybridized carbons (Fsp3) is 0.556. The highest BCUT2D eigenvalue weighted by atomic mass is 19.1. The summed E-state index contributed by atoms with van der Waals surface area (Å²) >= 11 is 0. The van der Waals surface area contributed by atoms with Crippen molar-refractivity contribution in [3.05, 3.63) is 35.6 Å². The number of nitrogens with zero attached hydrogens (tertiary/aromatic N) is 2. The Labute approximate surface area is 141 Å². The number of amides is 2. The molecule has 1 spiro atoms. The van der Waals surface area contributed by atoms with Crippen molar-refractivity contribution in [1.29, 1.82) is 0 Å². The zero-order valence-corrected chi connectivity index (χ0v) is 14.2. The predicted molar refractivity (Wildman–Crippen MR) is 88.7 cm³/mol. The molecule has 2 aliphatic heterocycles. The number of benzene rings is 1. The maximum atomic E-state index is 14.2. The fourth-order valence-electron chi connectivity index (χ4n) is 3.81. The molecule has 0 bridgehead atoms. The summed E-state index contributed by atoms with van der Waals surface area (Å²) in [6.45, 7) is 1.19. The second-order valence-electron chi connectivity index (χ2n) is 7.04. The number of carbonyl (C=O) groups is 2. The molecule has 2 aliphatic rings. The van der Waals surface area contributed by atoms with E-state index in [0.29, 0.717) is 25.1 Å². The van der Waals surface area contributed by atoms with Crippen LogP contribution >= 0.6 is 0 Å². The summed E-state index contributed by atoms with van der Waals surface area (Å²) in [6.07, 6.45) is 2.95. The van der Waals surface area contributed by atoms with Crippen molar-refractivity contribution in [2.45, 2.75) is 37.3 Å². The van der Waals surface area contributed by atoms with E-state index >= 15 is 0 Å². The lowest BCUT2D eigenvalue weighted by Crippen LogP contribution is -2.53. The second kappa shape index (κ2) is 6.51. The van der Waals surface area contributed by atoms with Crippen molar-refractivity contribution in [3.63, 3.8) is 0 Å². The quantitative estimate of drug-likeness (QED) is 0.916. The first-order chi connectivity index (χ1) is 11.4. The molecule has 0 aliphatic carbocycles. The molecule has 2 fully saturated rings. The van der Waals surface area contributed by atoms with Crippen LogP contribution in [0.3, 0.4) is 0 Å². The molecule has 3 rings (SSSR count). The van der Waals surface area contributed by atoms with Gasteiger partial charge in [0.25, 0.3) is 0 Å². The first kappa shape index (κ1) is 16.9. The van der Waals surface area contributed by atoms with Crippen molar-refractivity contribution in [2.75, 3.05) is 27.2 Å². The second-order valence-corrected chi connectivity index (χ2v) is 7.04. The van der Waals surface area contributed by atoms with Crippen molar-refractivity contribution in [3.8, 4) is 0 Å². The number of halogens is 1. The molecule has 130 valence electrons. The molecule has 0 radical (unpaired) electrons. The van der Waals surface area contributed by atoms with Gasteiger partial charge in [-0.15, -0.1) is 0 Å². The predicted octanol–water partition coefficient (Wildman–Crippen LogP) is 1.70. The molecular weight excluding hydrogens is 309 g/mol. The number of rotatable bonds is 3. The Morgan fingerprint density at radius 3 is 2.46 bits per heavy atom. The van der Waals surface area contributed by atoms with Gasteiger partial charge in [0.15, 0.2) is 0 Å². The highest BCUT2D eigenvalue weighted by Gasteiger charge is 2.42. The maximum absolute atomic E-state index is 14.2. The molecule has 24 heavy (non-hydrogen) atoms. The molecule has 2 saturated heterocycles. The summed E-state index contributed by atoms with van der Waals surface area (Å²) in [5.74, 6) is -0.335. The maximum Gasteiger partial charge on any atom is 0.244 e. The molecule has 5 nitrogen and oxygen atoms in total. The van der Waals surface area contributed by atoms with Gasteiger partial charge in [-0.3, -0.25) is 14.5 Å². The van der Waals surface area contributed by atoms with Gasteiger partial charge in [-0.1, -0.05) is 18.2 Å². The molecule has 1 aromatic carbocycles. The van der Waals surface area contributed by atoms with Crippen LogP contribution in [0.15, 0.2) is 24.3 Å². The molecule has 1 unspecified atom stereocenters. The third kappa shape index (κ3) is 3.15. The van der Waals surface area contributed by atoms with Crippen LogP contribution in [0, 0.1) is 5.82 Å². The number of likely N-dealkylation sites (N-methyl/N-ethyl adjacent to an activating group) is 1. The monoisotopic (exact) mass is 333 g/mol. The zero-order chi connectivity index (χ0) is 17.3. The van der Waals surface area contributed by atoms with E-state index in [1.165, 1.54) is 6.07 Å². The van der Waals surface area contributed by atoms with Gasteiger partial charge in [-0.05, 0) is 39.4 Å². The average Bonchev–Trinajstić information content (AvgIpc) is 2.90. The lowest BCUT2D eigenvalue weighted by molar-refractivity contribution is -0.138. The third-order valence-corrected chi connectivity index (χ3v) is 5.22. The van der Waals surface area contributed by atoms with Crippen LogP contribution in [0.2, 0.25) is 0 Å². The van der Waals surface area contributed by atoms with E-state index in [2.05, 4.69) is 5.32 Å². The molecule has 2 amide bonds. The Hall–Kier alpha value is -1.95. The van der Waals surface area contributed by atoms with Crippen LogP contribution in [0.5, 0.6) is 0 Å². The lowest BCUT2D eigenvalue weighted by Gasteiger charge is -2.41. The van der Waals surface area contributed by atoms with Gasteiger partial charge in [0.1, 0.15) is 11.9 Å². The van der Waals surface area contributed by atoms with Crippen LogP contribution < -0.4 is 5.32 Å². The number of piperidine rings is 1. The Morgan fingerprint density at radius 1 is 1.25 bits per heavy atom. The van der Waals surface area contributed by atoms with Crippen molar-refractivity contribution < 1.29 is 14.0 Å². The van der Waals surface area contributed by atoms with Crippen LogP contribution in [-0.2, 0) is 9.59 Å². The molecule has 6 heteroatoms. The van der Waals surface area contributed by atoms with E-state index in [9.17, 15) is 14.0 Å². The van der Waals surface area contributed by atoms with Gasteiger partial charge in [0.05, 0.1) is 0 Å². The lowest BCUT2D eigenvalue weighted by atomic mass is 9.86. The van der Waals surface area contributed by atoms with Gasteiger partial charge in [-0.25, -0.2) is 4.39 Å². The zero-order valence-electron chi connectivity index (χ0n) is 14.2. The molecule has 1 atom stereocenters.